The lowest BCUT2D eigenvalue weighted by atomic mass is 9.57. The van der Waals surface area contributed by atoms with Gasteiger partial charge in [0.1, 0.15) is 0 Å². The molecule has 0 bridgehead atoms. The van der Waals surface area contributed by atoms with E-state index in [1.54, 1.807) is 7.05 Å². The summed E-state index contributed by atoms with van der Waals surface area (Å²) in [7, 11) is 4.55. The number of carbonyl (C=O) groups is 2. The standard InChI is InChI=1S/C27H42N2O5/c1-25(2)12-17(14-29(8)24(34)22(32)21(31)23(33)28(6)7)26(3,4)19-10-9-16(11-20(19)25)27(5)13-18(27)15-30/h9-11,17-18,21-22,30-32H,12-15H2,1-8H3/t17?,18?,21-,22-,27?/m0/s1. The van der Waals surface area contributed by atoms with E-state index in [9.17, 15) is 24.9 Å². The molecule has 0 radical (unpaired) electrons. The number of rotatable bonds is 7. The Labute approximate surface area is 203 Å². The van der Waals surface area contributed by atoms with Gasteiger partial charge in [0.15, 0.2) is 12.2 Å². The van der Waals surface area contributed by atoms with E-state index < -0.39 is 24.0 Å². The molecule has 34 heavy (non-hydrogen) atoms. The zero-order valence-corrected chi connectivity index (χ0v) is 21.9. The Morgan fingerprint density at radius 2 is 1.53 bits per heavy atom. The highest BCUT2D eigenvalue weighted by Gasteiger charge is 2.52. The van der Waals surface area contributed by atoms with Gasteiger partial charge in [-0.05, 0) is 57.6 Å². The van der Waals surface area contributed by atoms with Crippen molar-refractivity contribution >= 4 is 11.8 Å². The van der Waals surface area contributed by atoms with Crippen molar-refractivity contribution < 1.29 is 24.9 Å². The van der Waals surface area contributed by atoms with Gasteiger partial charge < -0.3 is 25.1 Å². The van der Waals surface area contributed by atoms with Gasteiger partial charge in [0.2, 0.25) is 0 Å². The molecule has 1 aromatic carbocycles. The normalized spacial score (nSPS) is 28.4. The number of carbonyl (C=O) groups excluding carboxylic acids is 2. The molecular formula is C27H42N2O5. The second-order valence-corrected chi connectivity index (χ2v) is 12.1. The van der Waals surface area contributed by atoms with Gasteiger partial charge in [-0.3, -0.25) is 9.59 Å². The minimum Gasteiger partial charge on any atom is -0.396 e. The first-order chi connectivity index (χ1) is 15.6. The minimum atomic E-state index is -1.80. The summed E-state index contributed by atoms with van der Waals surface area (Å²) in [6.07, 6.45) is -1.73. The fourth-order valence-corrected chi connectivity index (χ4v) is 5.77. The Bertz CT molecular complexity index is 956. The van der Waals surface area contributed by atoms with E-state index in [0.717, 1.165) is 17.7 Å². The van der Waals surface area contributed by atoms with Crippen molar-refractivity contribution in [2.45, 2.75) is 75.9 Å². The third-order valence-corrected chi connectivity index (χ3v) is 8.63. The average molecular weight is 475 g/mol. The van der Waals surface area contributed by atoms with E-state index in [4.69, 9.17) is 0 Å². The average Bonchev–Trinajstić information content (AvgIpc) is 3.46. The molecular weight excluding hydrogens is 432 g/mol. The Morgan fingerprint density at radius 3 is 2.06 bits per heavy atom. The highest BCUT2D eigenvalue weighted by atomic mass is 16.3. The monoisotopic (exact) mass is 474 g/mol. The smallest absolute Gasteiger partial charge is 0.254 e. The topological polar surface area (TPSA) is 101 Å². The summed E-state index contributed by atoms with van der Waals surface area (Å²) < 4.78 is 0. The Morgan fingerprint density at radius 1 is 0.941 bits per heavy atom. The first-order valence-electron chi connectivity index (χ1n) is 12.2. The van der Waals surface area contributed by atoms with Crippen LogP contribution in [0.1, 0.15) is 64.2 Å². The zero-order valence-electron chi connectivity index (χ0n) is 21.9. The molecule has 1 aromatic rings. The van der Waals surface area contributed by atoms with Crippen LogP contribution in [-0.4, -0.2) is 83.4 Å². The van der Waals surface area contributed by atoms with E-state index in [1.165, 1.54) is 35.7 Å². The Hall–Kier alpha value is -1.96. The fourth-order valence-electron chi connectivity index (χ4n) is 5.77. The number of fused-ring (bicyclic) bond motifs is 1. The number of aliphatic hydroxyl groups is 3. The van der Waals surface area contributed by atoms with Crippen molar-refractivity contribution in [3.63, 3.8) is 0 Å². The molecule has 190 valence electrons. The van der Waals surface area contributed by atoms with Gasteiger partial charge >= 0.3 is 0 Å². The van der Waals surface area contributed by atoms with Gasteiger partial charge in [-0.15, -0.1) is 0 Å². The summed E-state index contributed by atoms with van der Waals surface area (Å²) >= 11 is 0. The van der Waals surface area contributed by atoms with E-state index in [0.29, 0.717) is 12.5 Å². The second kappa shape index (κ2) is 8.92. The molecule has 0 aromatic heterocycles. The van der Waals surface area contributed by atoms with Gasteiger partial charge in [-0.1, -0.05) is 52.8 Å². The molecule has 2 aliphatic rings. The molecule has 3 rings (SSSR count). The largest absolute Gasteiger partial charge is 0.396 e. The maximum atomic E-state index is 12.8. The van der Waals surface area contributed by atoms with Crippen LogP contribution < -0.4 is 0 Å². The van der Waals surface area contributed by atoms with Crippen molar-refractivity contribution in [2.75, 3.05) is 34.3 Å². The number of hydrogen-bond acceptors (Lipinski definition) is 5. The van der Waals surface area contributed by atoms with Gasteiger partial charge in [0.25, 0.3) is 11.8 Å². The molecule has 3 unspecified atom stereocenters. The molecule has 2 amide bonds. The van der Waals surface area contributed by atoms with E-state index in [2.05, 4.69) is 52.8 Å². The lowest BCUT2D eigenvalue weighted by molar-refractivity contribution is -0.156. The van der Waals surface area contributed by atoms with Gasteiger partial charge in [0, 0.05) is 34.3 Å². The van der Waals surface area contributed by atoms with Crippen LogP contribution in [0.15, 0.2) is 18.2 Å². The van der Waals surface area contributed by atoms with Crippen LogP contribution in [0.5, 0.6) is 0 Å². The summed E-state index contributed by atoms with van der Waals surface area (Å²) in [6, 6.07) is 6.73. The number of aliphatic hydroxyl groups excluding tert-OH is 3. The number of amides is 2. The van der Waals surface area contributed by atoms with Crippen LogP contribution in [0.4, 0.5) is 0 Å². The van der Waals surface area contributed by atoms with E-state index in [1.807, 2.05) is 0 Å². The molecule has 5 atom stereocenters. The number of likely N-dealkylation sites (N-methyl/N-ethyl adjacent to an activating group) is 2. The molecule has 0 spiro atoms. The van der Waals surface area contributed by atoms with Crippen molar-refractivity contribution in [1.82, 2.24) is 9.80 Å². The summed E-state index contributed by atoms with van der Waals surface area (Å²) in [6.45, 7) is 11.7. The van der Waals surface area contributed by atoms with Gasteiger partial charge in [-0.2, -0.15) is 0 Å². The fraction of sp³-hybridized carbons (Fsp3) is 0.704. The summed E-state index contributed by atoms with van der Waals surface area (Å²) in [5, 5.41) is 30.1. The zero-order chi connectivity index (χ0) is 25.8. The molecule has 7 nitrogen and oxygen atoms in total. The lowest BCUT2D eigenvalue weighted by Crippen LogP contribution is -2.52. The predicted molar refractivity (Wildman–Crippen MR) is 131 cm³/mol. The van der Waals surface area contributed by atoms with Crippen LogP contribution in [0.2, 0.25) is 0 Å². The summed E-state index contributed by atoms with van der Waals surface area (Å²) in [5.74, 6) is -0.927. The summed E-state index contributed by atoms with van der Waals surface area (Å²) in [5.41, 5.74) is 3.55. The van der Waals surface area contributed by atoms with E-state index >= 15 is 0 Å². The van der Waals surface area contributed by atoms with Crippen molar-refractivity contribution in [2.24, 2.45) is 11.8 Å². The van der Waals surface area contributed by atoms with Crippen LogP contribution >= 0.6 is 0 Å². The Balaban J connectivity index is 1.83. The molecule has 0 saturated heterocycles. The van der Waals surface area contributed by atoms with Gasteiger partial charge in [-0.25, -0.2) is 0 Å². The summed E-state index contributed by atoms with van der Waals surface area (Å²) in [4.78, 5) is 27.4. The van der Waals surface area contributed by atoms with Crippen molar-refractivity contribution in [3.8, 4) is 0 Å². The quantitative estimate of drug-likeness (QED) is 0.559. The predicted octanol–water partition coefficient (Wildman–Crippen LogP) is 1.80. The second-order valence-electron chi connectivity index (χ2n) is 12.1. The number of nitrogens with zero attached hydrogens (tertiary/aromatic N) is 2. The molecule has 7 heteroatoms. The third kappa shape index (κ3) is 4.50. The Kier molecular flexibility index (Phi) is 6.99. The van der Waals surface area contributed by atoms with Crippen LogP contribution in [-0.2, 0) is 25.8 Å². The first kappa shape index (κ1) is 26.6. The van der Waals surface area contributed by atoms with Crippen LogP contribution in [0.3, 0.4) is 0 Å². The maximum absolute atomic E-state index is 12.8. The van der Waals surface area contributed by atoms with Crippen molar-refractivity contribution in [1.29, 1.82) is 0 Å². The molecule has 2 aliphatic carbocycles. The number of hydrogen-bond donors (Lipinski definition) is 3. The highest BCUT2D eigenvalue weighted by Crippen LogP contribution is 2.56. The molecule has 3 N–H and O–H groups in total. The maximum Gasteiger partial charge on any atom is 0.254 e. The SMILES string of the molecule is CN(C)C(=O)[C@@H](O)[C@H](O)C(=O)N(C)CC1CC(C)(C)c2cc(C3(C)CC3CO)ccc2C1(C)C. The van der Waals surface area contributed by atoms with Crippen LogP contribution in [0.25, 0.3) is 0 Å². The third-order valence-electron chi connectivity index (χ3n) is 8.63. The molecule has 1 fully saturated rings. The van der Waals surface area contributed by atoms with Gasteiger partial charge in [0.05, 0.1) is 0 Å². The molecule has 1 saturated carbocycles. The minimum absolute atomic E-state index is 0.0362. The molecule has 0 aliphatic heterocycles. The highest BCUT2D eigenvalue weighted by molar-refractivity contribution is 5.90. The first-order valence-corrected chi connectivity index (χ1v) is 12.2. The lowest BCUT2D eigenvalue weighted by Gasteiger charge is -2.49. The number of benzene rings is 1. The van der Waals surface area contributed by atoms with Crippen molar-refractivity contribution in [3.05, 3.63) is 34.9 Å². The van der Waals surface area contributed by atoms with E-state index in [-0.39, 0.29) is 28.8 Å². The van der Waals surface area contributed by atoms with Crippen LogP contribution in [0, 0.1) is 11.8 Å². The molecule has 0 heterocycles.